The van der Waals surface area contributed by atoms with Crippen LogP contribution in [-0.4, -0.2) is 11.8 Å². The van der Waals surface area contributed by atoms with Gasteiger partial charge in [0.15, 0.2) is 0 Å². The topological polar surface area (TPSA) is 72.2 Å². The molecule has 0 saturated carbocycles. The summed E-state index contributed by atoms with van der Waals surface area (Å²) in [7, 11) is 0. The Kier molecular flexibility index (Phi) is 4.74. The number of nitrogens with two attached hydrogens (primary N) is 1. The molecule has 0 heterocycles. The van der Waals surface area contributed by atoms with E-state index in [1.165, 1.54) is 6.07 Å². The summed E-state index contributed by atoms with van der Waals surface area (Å²) in [5.74, 6) is -1.12. The fourth-order valence-electron chi connectivity index (χ4n) is 1.75. The number of carbonyl (C=O) groups is 2. The monoisotopic (exact) mass is 300 g/mol. The van der Waals surface area contributed by atoms with Crippen molar-refractivity contribution < 1.29 is 9.59 Å². The molecule has 0 aliphatic rings. The Morgan fingerprint density at radius 1 is 1.00 bits per heavy atom. The third-order valence-corrected chi connectivity index (χ3v) is 3.03. The van der Waals surface area contributed by atoms with Crippen LogP contribution in [0.2, 0.25) is 0 Å². The second-order valence-corrected chi connectivity index (χ2v) is 4.67. The zero-order valence-corrected chi connectivity index (χ0v) is 11.8. The van der Waals surface area contributed by atoms with E-state index >= 15 is 0 Å². The van der Waals surface area contributed by atoms with Crippen LogP contribution in [0.4, 0.5) is 5.69 Å². The number of amides is 2. The molecule has 4 nitrogen and oxygen atoms in total. The highest BCUT2D eigenvalue weighted by molar-refractivity contribution is 6.45. The van der Waals surface area contributed by atoms with Crippen molar-refractivity contribution in [2.45, 2.75) is 0 Å². The summed E-state index contributed by atoms with van der Waals surface area (Å²) in [5.41, 5.74) is 6.62. The number of hydrogen-bond donors (Lipinski definition) is 2. The number of rotatable bonds is 4. The van der Waals surface area contributed by atoms with Crippen molar-refractivity contribution in [1.29, 1.82) is 0 Å². The largest absolute Gasteiger partial charge is 0.366 e. The van der Waals surface area contributed by atoms with E-state index in [9.17, 15) is 9.59 Å². The second-order valence-electron chi connectivity index (χ2n) is 4.27. The molecule has 3 N–H and O–H groups in total. The maximum absolute atomic E-state index is 12.0. The Balaban J connectivity index is 2.19. The number of carbonyl (C=O) groups excluding carboxylic acids is 2. The maximum atomic E-state index is 12.0. The van der Waals surface area contributed by atoms with Crippen molar-refractivity contribution in [3.8, 4) is 0 Å². The molecule has 0 aromatic heterocycles. The van der Waals surface area contributed by atoms with Crippen molar-refractivity contribution in [2.75, 3.05) is 5.32 Å². The van der Waals surface area contributed by atoms with Crippen LogP contribution in [0.25, 0.3) is 6.08 Å². The van der Waals surface area contributed by atoms with Gasteiger partial charge in [0.05, 0.1) is 11.3 Å². The zero-order valence-electron chi connectivity index (χ0n) is 11.0. The number of anilines is 1. The molecule has 2 rings (SSSR count). The number of benzene rings is 2. The standard InChI is InChI=1S/C16H13ClN2O2/c17-13(10-11-6-2-1-3-7-11)16(21)19-14-9-5-4-8-12(14)15(18)20/h1-10H,(H2,18,20)(H,19,21). The summed E-state index contributed by atoms with van der Waals surface area (Å²) >= 11 is 5.98. The molecular formula is C16H13ClN2O2. The Bertz CT molecular complexity index is 696. The molecule has 2 aromatic rings. The Morgan fingerprint density at radius 2 is 1.62 bits per heavy atom. The number of para-hydroxylation sites is 1. The van der Waals surface area contributed by atoms with Crippen LogP contribution in [0.5, 0.6) is 0 Å². The summed E-state index contributed by atoms with van der Waals surface area (Å²) < 4.78 is 0. The van der Waals surface area contributed by atoms with Gasteiger partial charge in [0.1, 0.15) is 5.03 Å². The fourth-order valence-corrected chi connectivity index (χ4v) is 1.92. The van der Waals surface area contributed by atoms with Crippen LogP contribution in [-0.2, 0) is 4.79 Å². The van der Waals surface area contributed by atoms with E-state index in [0.29, 0.717) is 5.69 Å². The van der Waals surface area contributed by atoms with Crippen LogP contribution in [0.3, 0.4) is 0 Å². The molecule has 0 saturated heterocycles. The van der Waals surface area contributed by atoms with E-state index in [4.69, 9.17) is 17.3 Å². The molecule has 106 valence electrons. The van der Waals surface area contributed by atoms with Crippen LogP contribution < -0.4 is 11.1 Å². The SMILES string of the molecule is NC(=O)c1ccccc1NC(=O)C(Cl)=Cc1ccccc1. The maximum Gasteiger partial charge on any atom is 0.267 e. The predicted molar refractivity (Wildman–Crippen MR) is 83.9 cm³/mol. The first-order valence-corrected chi connectivity index (χ1v) is 6.58. The third-order valence-electron chi connectivity index (χ3n) is 2.75. The van der Waals surface area contributed by atoms with Crippen LogP contribution in [0.1, 0.15) is 15.9 Å². The third kappa shape index (κ3) is 3.94. The lowest BCUT2D eigenvalue weighted by Gasteiger charge is -2.08. The average Bonchev–Trinajstić information content (AvgIpc) is 2.48. The van der Waals surface area contributed by atoms with E-state index in [1.54, 1.807) is 24.3 Å². The molecule has 0 bridgehead atoms. The van der Waals surface area contributed by atoms with Crippen molar-refractivity contribution in [3.05, 3.63) is 70.8 Å². The van der Waals surface area contributed by atoms with Crippen LogP contribution in [0.15, 0.2) is 59.6 Å². The molecule has 0 unspecified atom stereocenters. The van der Waals surface area contributed by atoms with Gasteiger partial charge in [-0.25, -0.2) is 0 Å². The van der Waals surface area contributed by atoms with Crippen molar-refractivity contribution in [2.24, 2.45) is 5.73 Å². The van der Waals surface area contributed by atoms with Gasteiger partial charge in [-0.2, -0.15) is 0 Å². The number of halogens is 1. The van der Waals surface area contributed by atoms with Gasteiger partial charge in [-0.15, -0.1) is 0 Å². The molecule has 0 aliphatic carbocycles. The first-order valence-electron chi connectivity index (χ1n) is 6.20. The highest BCUT2D eigenvalue weighted by Gasteiger charge is 2.12. The van der Waals surface area contributed by atoms with Crippen molar-refractivity contribution in [3.63, 3.8) is 0 Å². The lowest BCUT2D eigenvalue weighted by atomic mass is 10.1. The molecule has 0 atom stereocenters. The minimum atomic E-state index is -0.617. The highest BCUT2D eigenvalue weighted by atomic mass is 35.5. The minimum absolute atomic E-state index is 0.0143. The van der Waals surface area contributed by atoms with Crippen LogP contribution >= 0.6 is 11.6 Å². The Hall–Kier alpha value is -2.59. The van der Waals surface area contributed by atoms with Gasteiger partial charge in [0.2, 0.25) is 0 Å². The fraction of sp³-hybridized carbons (Fsp3) is 0. The molecule has 0 aliphatic heterocycles. The van der Waals surface area contributed by atoms with Gasteiger partial charge >= 0.3 is 0 Å². The number of primary amides is 1. The molecule has 0 fully saturated rings. The van der Waals surface area contributed by atoms with E-state index in [1.807, 2.05) is 30.3 Å². The molecule has 2 aromatic carbocycles. The van der Waals surface area contributed by atoms with Gasteiger partial charge in [-0.1, -0.05) is 54.1 Å². The highest BCUT2D eigenvalue weighted by Crippen LogP contribution is 2.17. The zero-order chi connectivity index (χ0) is 15.2. The second kappa shape index (κ2) is 6.72. The summed E-state index contributed by atoms with van der Waals surface area (Å²) in [6.45, 7) is 0. The number of hydrogen-bond acceptors (Lipinski definition) is 2. The van der Waals surface area contributed by atoms with Crippen molar-refractivity contribution >= 4 is 35.2 Å². The molecule has 21 heavy (non-hydrogen) atoms. The summed E-state index contributed by atoms with van der Waals surface area (Å²) in [4.78, 5) is 23.3. The smallest absolute Gasteiger partial charge is 0.267 e. The molecule has 0 radical (unpaired) electrons. The molecule has 0 spiro atoms. The normalized spacial score (nSPS) is 11.0. The lowest BCUT2D eigenvalue weighted by molar-refractivity contribution is -0.112. The number of nitrogens with one attached hydrogen (secondary N) is 1. The predicted octanol–water partition coefficient (Wildman–Crippen LogP) is 3.00. The van der Waals surface area contributed by atoms with Gasteiger partial charge in [-0.3, -0.25) is 9.59 Å². The van der Waals surface area contributed by atoms with E-state index in [2.05, 4.69) is 5.32 Å². The van der Waals surface area contributed by atoms with Gasteiger partial charge < -0.3 is 11.1 Å². The van der Waals surface area contributed by atoms with Gasteiger partial charge in [-0.05, 0) is 23.8 Å². The van der Waals surface area contributed by atoms with E-state index in [-0.39, 0.29) is 10.6 Å². The Labute approximate surface area is 127 Å². The summed E-state index contributed by atoms with van der Waals surface area (Å²) in [6, 6.07) is 15.7. The van der Waals surface area contributed by atoms with Gasteiger partial charge in [0, 0.05) is 0 Å². The molecular weight excluding hydrogens is 288 g/mol. The van der Waals surface area contributed by atoms with Gasteiger partial charge in [0.25, 0.3) is 11.8 Å². The quantitative estimate of drug-likeness (QED) is 0.852. The first kappa shape index (κ1) is 14.8. The molecule has 2 amide bonds. The van der Waals surface area contributed by atoms with E-state index in [0.717, 1.165) is 5.56 Å². The minimum Gasteiger partial charge on any atom is -0.366 e. The first-order chi connectivity index (χ1) is 10.1. The average molecular weight is 301 g/mol. The summed E-state index contributed by atoms with van der Waals surface area (Å²) in [6.07, 6.45) is 1.55. The molecule has 5 heteroatoms. The Morgan fingerprint density at radius 3 is 2.29 bits per heavy atom. The van der Waals surface area contributed by atoms with Crippen molar-refractivity contribution in [1.82, 2.24) is 0 Å². The summed E-state index contributed by atoms with van der Waals surface area (Å²) in [5, 5.41) is 2.59. The van der Waals surface area contributed by atoms with E-state index < -0.39 is 11.8 Å². The lowest BCUT2D eigenvalue weighted by Crippen LogP contribution is -2.18. The van der Waals surface area contributed by atoms with Crippen LogP contribution in [0, 0.1) is 0 Å².